The summed E-state index contributed by atoms with van der Waals surface area (Å²) in [6.07, 6.45) is 4.66. The van der Waals surface area contributed by atoms with Gasteiger partial charge in [0.2, 0.25) is 11.0 Å². The van der Waals surface area contributed by atoms with Gasteiger partial charge in [0, 0.05) is 50.6 Å². The molecule has 112 valence electrons. The molecule has 0 atom stereocenters. The summed E-state index contributed by atoms with van der Waals surface area (Å²) in [6, 6.07) is 0. The molecule has 0 N–H and O–H groups in total. The maximum Gasteiger partial charge on any atom is 0.222 e. The van der Waals surface area contributed by atoms with Crippen LogP contribution in [0.5, 0.6) is 0 Å². The first-order valence-corrected chi connectivity index (χ1v) is 8.37. The van der Waals surface area contributed by atoms with Crippen molar-refractivity contribution in [3.05, 3.63) is 5.82 Å². The van der Waals surface area contributed by atoms with Crippen LogP contribution < -0.4 is 4.90 Å². The Kier molecular flexibility index (Phi) is 5.76. The maximum atomic E-state index is 12.1. The average Bonchev–Trinajstić information content (AvgIpc) is 2.81. The summed E-state index contributed by atoms with van der Waals surface area (Å²) in [4.78, 5) is 20.9. The Bertz CT molecular complexity index is 435. The molecule has 0 bridgehead atoms. The first kappa shape index (κ1) is 15.2. The fourth-order valence-electron chi connectivity index (χ4n) is 2.36. The average molecular weight is 296 g/mol. The predicted octanol–water partition coefficient (Wildman–Crippen LogP) is 2.33. The lowest BCUT2D eigenvalue weighted by Crippen LogP contribution is -2.35. The molecule has 0 spiro atoms. The van der Waals surface area contributed by atoms with E-state index < -0.39 is 0 Å². The highest BCUT2D eigenvalue weighted by atomic mass is 32.1. The number of anilines is 1. The summed E-state index contributed by atoms with van der Waals surface area (Å²) >= 11 is 1.47. The van der Waals surface area contributed by atoms with Gasteiger partial charge in [0.25, 0.3) is 0 Å². The number of rotatable bonds is 5. The molecule has 0 radical (unpaired) electrons. The van der Waals surface area contributed by atoms with E-state index in [4.69, 9.17) is 0 Å². The Morgan fingerprint density at radius 3 is 2.80 bits per heavy atom. The van der Waals surface area contributed by atoms with Gasteiger partial charge in [-0.05, 0) is 12.8 Å². The van der Waals surface area contributed by atoms with Crippen LogP contribution in [-0.2, 0) is 11.2 Å². The quantitative estimate of drug-likeness (QED) is 0.837. The molecule has 0 saturated carbocycles. The van der Waals surface area contributed by atoms with Gasteiger partial charge < -0.3 is 9.80 Å². The third-order valence-electron chi connectivity index (χ3n) is 3.64. The molecule has 20 heavy (non-hydrogen) atoms. The highest BCUT2D eigenvalue weighted by molar-refractivity contribution is 7.09. The zero-order chi connectivity index (χ0) is 14.4. The molecule has 1 aromatic heterocycles. The second kappa shape index (κ2) is 7.57. The van der Waals surface area contributed by atoms with Crippen molar-refractivity contribution in [1.29, 1.82) is 0 Å². The third kappa shape index (κ3) is 3.91. The second-order valence-electron chi connectivity index (χ2n) is 5.17. The van der Waals surface area contributed by atoms with Crippen molar-refractivity contribution in [2.24, 2.45) is 0 Å². The summed E-state index contributed by atoms with van der Waals surface area (Å²) in [5, 5.41) is 1.00. The van der Waals surface area contributed by atoms with Gasteiger partial charge >= 0.3 is 0 Å². The molecule has 1 aliphatic rings. The van der Waals surface area contributed by atoms with E-state index in [0.29, 0.717) is 12.3 Å². The molecule has 2 heterocycles. The van der Waals surface area contributed by atoms with Crippen LogP contribution in [0.1, 0.15) is 45.4 Å². The normalized spacial score (nSPS) is 16.3. The number of carbonyl (C=O) groups excluding carboxylic acids is 1. The van der Waals surface area contributed by atoms with Gasteiger partial charge in [-0.15, -0.1) is 0 Å². The number of aryl methyl sites for hydroxylation is 1. The van der Waals surface area contributed by atoms with E-state index in [2.05, 4.69) is 28.1 Å². The lowest BCUT2D eigenvalue weighted by Gasteiger charge is -2.21. The van der Waals surface area contributed by atoms with Crippen LogP contribution in [0.3, 0.4) is 0 Å². The Balaban J connectivity index is 1.90. The Labute approximate surface area is 125 Å². The van der Waals surface area contributed by atoms with E-state index in [-0.39, 0.29) is 0 Å². The maximum absolute atomic E-state index is 12.1. The minimum Gasteiger partial charge on any atom is -0.345 e. The van der Waals surface area contributed by atoms with Gasteiger partial charge in [0.1, 0.15) is 5.82 Å². The molecule has 0 unspecified atom stereocenters. The van der Waals surface area contributed by atoms with E-state index >= 15 is 0 Å². The van der Waals surface area contributed by atoms with Crippen molar-refractivity contribution in [2.45, 2.75) is 46.0 Å². The molecule has 1 fully saturated rings. The van der Waals surface area contributed by atoms with Crippen molar-refractivity contribution in [3.63, 3.8) is 0 Å². The lowest BCUT2D eigenvalue weighted by molar-refractivity contribution is -0.131. The van der Waals surface area contributed by atoms with Gasteiger partial charge in [0.05, 0.1) is 0 Å². The summed E-state index contributed by atoms with van der Waals surface area (Å²) in [7, 11) is 0. The standard InChI is InChI=1S/C14H24N4OS/c1-3-5-7-13(19)17-8-6-9-18(11-10-17)14-15-12(4-2)16-20-14/h3-11H2,1-2H3. The minimum atomic E-state index is 0.306. The van der Waals surface area contributed by atoms with E-state index in [1.54, 1.807) is 0 Å². The van der Waals surface area contributed by atoms with Crippen molar-refractivity contribution in [2.75, 3.05) is 31.1 Å². The summed E-state index contributed by atoms with van der Waals surface area (Å²) in [5.74, 6) is 1.23. The molecule has 6 heteroatoms. The van der Waals surface area contributed by atoms with Crippen molar-refractivity contribution >= 4 is 22.6 Å². The van der Waals surface area contributed by atoms with Crippen LogP contribution in [0.4, 0.5) is 5.13 Å². The van der Waals surface area contributed by atoms with E-state index in [9.17, 15) is 4.79 Å². The fraction of sp³-hybridized carbons (Fsp3) is 0.786. The Hall–Kier alpha value is -1.17. The van der Waals surface area contributed by atoms with Gasteiger partial charge in [-0.1, -0.05) is 20.3 Å². The summed E-state index contributed by atoms with van der Waals surface area (Å²) < 4.78 is 4.34. The van der Waals surface area contributed by atoms with Gasteiger partial charge in [-0.3, -0.25) is 4.79 Å². The zero-order valence-corrected chi connectivity index (χ0v) is 13.3. The number of nitrogens with zero attached hydrogens (tertiary/aromatic N) is 4. The molecule has 0 aliphatic carbocycles. The van der Waals surface area contributed by atoms with Crippen LogP contribution in [0.15, 0.2) is 0 Å². The largest absolute Gasteiger partial charge is 0.345 e. The fourth-order valence-corrected chi connectivity index (χ4v) is 3.16. The number of hydrogen-bond donors (Lipinski definition) is 0. The number of unbranched alkanes of at least 4 members (excludes halogenated alkanes) is 1. The number of aromatic nitrogens is 2. The summed E-state index contributed by atoms with van der Waals surface area (Å²) in [6.45, 7) is 7.72. The smallest absolute Gasteiger partial charge is 0.222 e. The van der Waals surface area contributed by atoms with Crippen LogP contribution in [0.2, 0.25) is 0 Å². The van der Waals surface area contributed by atoms with Crippen LogP contribution in [0.25, 0.3) is 0 Å². The highest BCUT2D eigenvalue weighted by Gasteiger charge is 2.20. The predicted molar refractivity (Wildman–Crippen MR) is 82.2 cm³/mol. The van der Waals surface area contributed by atoms with Crippen LogP contribution >= 0.6 is 11.5 Å². The van der Waals surface area contributed by atoms with E-state index in [1.165, 1.54) is 11.5 Å². The third-order valence-corrected chi connectivity index (χ3v) is 4.45. The second-order valence-corrected chi connectivity index (χ2v) is 5.90. The van der Waals surface area contributed by atoms with Gasteiger partial charge in [-0.2, -0.15) is 4.37 Å². The van der Waals surface area contributed by atoms with Crippen molar-refractivity contribution in [3.8, 4) is 0 Å². The van der Waals surface area contributed by atoms with Crippen molar-refractivity contribution < 1.29 is 4.79 Å². The molecule has 0 aromatic carbocycles. The lowest BCUT2D eigenvalue weighted by atomic mass is 10.2. The van der Waals surface area contributed by atoms with Crippen molar-refractivity contribution in [1.82, 2.24) is 14.3 Å². The first-order chi connectivity index (χ1) is 9.74. The number of hydrogen-bond acceptors (Lipinski definition) is 5. The topological polar surface area (TPSA) is 49.3 Å². The molecular weight excluding hydrogens is 272 g/mol. The number of carbonyl (C=O) groups is 1. The first-order valence-electron chi connectivity index (χ1n) is 7.60. The Morgan fingerprint density at radius 2 is 2.10 bits per heavy atom. The van der Waals surface area contributed by atoms with E-state index in [1.807, 2.05) is 4.90 Å². The van der Waals surface area contributed by atoms with Crippen LogP contribution in [0, 0.1) is 0 Å². The minimum absolute atomic E-state index is 0.306. The van der Waals surface area contributed by atoms with Crippen LogP contribution in [-0.4, -0.2) is 46.3 Å². The molecule has 1 aromatic rings. The number of amides is 1. The SMILES string of the molecule is CCCCC(=O)N1CCCN(c2nc(CC)ns2)CC1. The molecule has 1 aliphatic heterocycles. The monoisotopic (exact) mass is 296 g/mol. The summed E-state index contributed by atoms with van der Waals surface area (Å²) in [5.41, 5.74) is 0. The Morgan fingerprint density at radius 1 is 1.25 bits per heavy atom. The molecule has 5 nitrogen and oxygen atoms in total. The van der Waals surface area contributed by atoms with Gasteiger partial charge in [0.15, 0.2) is 0 Å². The molecule has 1 amide bonds. The van der Waals surface area contributed by atoms with Gasteiger partial charge in [-0.25, -0.2) is 4.98 Å². The van der Waals surface area contributed by atoms with E-state index in [0.717, 1.165) is 62.8 Å². The molecule has 2 rings (SSSR count). The highest BCUT2D eigenvalue weighted by Crippen LogP contribution is 2.19. The molecular formula is C14H24N4OS. The zero-order valence-electron chi connectivity index (χ0n) is 12.5. The molecule has 1 saturated heterocycles.